The van der Waals surface area contributed by atoms with Crippen molar-refractivity contribution in [2.45, 2.75) is 46.3 Å². The number of rotatable bonds is 5. The molecule has 0 saturated heterocycles. The van der Waals surface area contributed by atoms with Crippen LogP contribution in [0.5, 0.6) is 0 Å². The van der Waals surface area contributed by atoms with Gasteiger partial charge in [-0.3, -0.25) is 0 Å². The van der Waals surface area contributed by atoms with Gasteiger partial charge in [-0.1, -0.05) is 0 Å². The van der Waals surface area contributed by atoms with Gasteiger partial charge < -0.3 is 19.5 Å². The molecule has 0 radical (unpaired) electrons. The van der Waals surface area contributed by atoms with Crippen LogP contribution in [0.15, 0.2) is 0 Å². The first-order valence-corrected chi connectivity index (χ1v) is 5.97. The molecular weight excluding hydrogens is 254 g/mol. The highest BCUT2D eigenvalue weighted by molar-refractivity contribution is 5.83. The van der Waals surface area contributed by atoms with E-state index in [9.17, 15) is 14.4 Å². The van der Waals surface area contributed by atoms with Crippen molar-refractivity contribution in [1.29, 1.82) is 0 Å². The normalized spacial score (nSPS) is 12.3. The average molecular weight is 275 g/mol. The Morgan fingerprint density at radius 1 is 1.16 bits per heavy atom. The predicted molar refractivity (Wildman–Crippen MR) is 66.4 cm³/mol. The highest BCUT2D eigenvalue weighted by atomic mass is 16.6. The number of alkyl carbamates (subject to hydrolysis) is 1. The van der Waals surface area contributed by atoms with Gasteiger partial charge in [-0.25, -0.2) is 14.4 Å². The van der Waals surface area contributed by atoms with E-state index in [1.807, 2.05) is 0 Å². The van der Waals surface area contributed by atoms with Gasteiger partial charge in [-0.05, 0) is 34.6 Å². The Hall–Kier alpha value is -1.79. The third-order valence-corrected chi connectivity index (χ3v) is 1.72. The van der Waals surface area contributed by atoms with Crippen LogP contribution in [0.2, 0.25) is 0 Å². The van der Waals surface area contributed by atoms with Crippen LogP contribution in [0.3, 0.4) is 0 Å². The zero-order valence-corrected chi connectivity index (χ0v) is 11.9. The standard InChI is InChI=1S/C12H21NO6/c1-6-17-9(14)7-18-10(15)8(2)13-11(16)19-12(3,4)5/h8H,6-7H2,1-5H3,(H,13,16). The van der Waals surface area contributed by atoms with E-state index < -0.39 is 36.3 Å². The molecule has 1 amide bonds. The highest BCUT2D eigenvalue weighted by Crippen LogP contribution is 2.06. The van der Waals surface area contributed by atoms with Crippen LogP contribution in [0.4, 0.5) is 4.79 Å². The third kappa shape index (κ3) is 8.87. The summed E-state index contributed by atoms with van der Waals surface area (Å²) < 4.78 is 14.2. The number of hydrogen-bond acceptors (Lipinski definition) is 6. The first-order valence-electron chi connectivity index (χ1n) is 5.97. The molecule has 0 aromatic rings. The number of carbonyl (C=O) groups excluding carboxylic acids is 3. The predicted octanol–water partition coefficient (Wildman–Crippen LogP) is 1.01. The van der Waals surface area contributed by atoms with E-state index in [1.165, 1.54) is 6.92 Å². The van der Waals surface area contributed by atoms with E-state index in [0.717, 1.165) is 0 Å². The molecule has 7 heteroatoms. The summed E-state index contributed by atoms with van der Waals surface area (Å²) in [6.45, 7) is 7.92. The quantitative estimate of drug-likeness (QED) is 0.594. The summed E-state index contributed by atoms with van der Waals surface area (Å²) >= 11 is 0. The number of hydrogen-bond donors (Lipinski definition) is 1. The van der Waals surface area contributed by atoms with Crippen LogP contribution < -0.4 is 5.32 Å². The van der Waals surface area contributed by atoms with E-state index in [1.54, 1.807) is 27.7 Å². The lowest BCUT2D eigenvalue weighted by atomic mass is 10.2. The van der Waals surface area contributed by atoms with Gasteiger partial charge >= 0.3 is 18.0 Å². The largest absolute Gasteiger partial charge is 0.463 e. The fraction of sp³-hybridized carbons (Fsp3) is 0.750. The maximum absolute atomic E-state index is 11.5. The lowest BCUT2D eigenvalue weighted by molar-refractivity contribution is -0.159. The number of carbonyl (C=O) groups is 3. The number of ether oxygens (including phenoxy) is 3. The zero-order chi connectivity index (χ0) is 15.1. The van der Waals surface area contributed by atoms with Crippen molar-refractivity contribution in [2.75, 3.05) is 13.2 Å². The molecule has 0 saturated carbocycles. The average Bonchev–Trinajstić information content (AvgIpc) is 2.23. The molecule has 0 aliphatic carbocycles. The van der Waals surface area contributed by atoms with Crippen LogP contribution in [0, 0.1) is 0 Å². The van der Waals surface area contributed by atoms with E-state index >= 15 is 0 Å². The minimum absolute atomic E-state index is 0.210. The highest BCUT2D eigenvalue weighted by Gasteiger charge is 2.22. The van der Waals surface area contributed by atoms with Gasteiger partial charge in [0.25, 0.3) is 0 Å². The van der Waals surface area contributed by atoms with Crippen molar-refractivity contribution < 1.29 is 28.6 Å². The van der Waals surface area contributed by atoms with Gasteiger partial charge in [-0.15, -0.1) is 0 Å². The summed E-state index contributed by atoms with van der Waals surface area (Å²) in [5, 5.41) is 2.30. The Bertz CT molecular complexity index is 334. The molecule has 7 nitrogen and oxygen atoms in total. The second-order valence-corrected chi connectivity index (χ2v) is 4.78. The molecule has 1 unspecified atom stereocenters. The van der Waals surface area contributed by atoms with Crippen molar-refractivity contribution in [3.8, 4) is 0 Å². The minimum atomic E-state index is -0.913. The van der Waals surface area contributed by atoms with E-state index in [0.29, 0.717) is 0 Å². The van der Waals surface area contributed by atoms with Gasteiger partial charge in [0.2, 0.25) is 0 Å². The van der Waals surface area contributed by atoms with Crippen molar-refractivity contribution in [2.24, 2.45) is 0 Å². The maximum Gasteiger partial charge on any atom is 0.408 e. The topological polar surface area (TPSA) is 90.9 Å². The van der Waals surface area contributed by atoms with Crippen molar-refractivity contribution >= 4 is 18.0 Å². The van der Waals surface area contributed by atoms with E-state index in [-0.39, 0.29) is 6.61 Å². The Morgan fingerprint density at radius 3 is 2.21 bits per heavy atom. The van der Waals surface area contributed by atoms with Crippen LogP contribution >= 0.6 is 0 Å². The molecule has 0 bridgehead atoms. The van der Waals surface area contributed by atoms with Crippen LogP contribution in [0.25, 0.3) is 0 Å². The van der Waals surface area contributed by atoms with Crippen molar-refractivity contribution in [3.05, 3.63) is 0 Å². The molecule has 0 aliphatic rings. The monoisotopic (exact) mass is 275 g/mol. The minimum Gasteiger partial charge on any atom is -0.463 e. The molecule has 1 N–H and O–H groups in total. The third-order valence-electron chi connectivity index (χ3n) is 1.72. The molecule has 0 aliphatic heterocycles. The van der Waals surface area contributed by atoms with Crippen molar-refractivity contribution in [1.82, 2.24) is 5.32 Å². The Balaban J connectivity index is 4.07. The molecular formula is C12H21NO6. The summed E-state index contributed by atoms with van der Waals surface area (Å²) in [6.07, 6.45) is -0.729. The SMILES string of the molecule is CCOC(=O)COC(=O)C(C)NC(=O)OC(C)(C)C. The van der Waals surface area contributed by atoms with Gasteiger partial charge in [0.1, 0.15) is 11.6 Å². The van der Waals surface area contributed by atoms with E-state index in [2.05, 4.69) is 14.8 Å². The number of amides is 1. The van der Waals surface area contributed by atoms with Crippen LogP contribution in [-0.2, 0) is 23.8 Å². The van der Waals surface area contributed by atoms with Gasteiger partial charge in [-0.2, -0.15) is 0 Å². The second-order valence-electron chi connectivity index (χ2n) is 4.78. The lowest BCUT2D eigenvalue weighted by Gasteiger charge is -2.21. The smallest absolute Gasteiger partial charge is 0.408 e. The van der Waals surface area contributed by atoms with Gasteiger partial charge in [0, 0.05) is 0 Å². The molecule has 0 fully saturated rings. The fourth-order valence-electron chi connectivity index (χ4n) is 1.00. The van der Waals surface area contributed by atoms with Crippen LogP contribution in [0.1, 0.15) is 34.6 Å². The molecule has 0 aromatic heterocycles. The first-order chi connectivity index (χ1) is 8.65. The molecule has 110 valence electrons. The Kier molecular flexibility index (Phi) is 6.89. The summed E-state index contributed by atoms with van der Waals surface area (Å²) in [6, 6.07) is -0.913. The fourth-order valence-corrected chi connectivity index (χ4v) is 1.00. The maximum atomic E-state index is 11.5. The first kappa shape index (κ1) is 17.2. The van der Waals surface area contributed by atoms with Crippen molar-refractivity contribution in [3.63, 3.8) is 0 Å². The number of nitrogens with one attached hydrogen (secondary N) is 1. The Labute approximate surface area is 112 Å². The zero-order valence-electron chi connectivity index (χ0n) is 11.9. The molecule has 0 aromatic carbocycles. The summed E-state index contributed by atoms with van der Waals surface area (Å²) in [5.74, 6) is -1.38. The molecule has 0 heterocycles. The number of esters is 2. The summed E-state index contributed by atoms with van der Waals surface area (Å²) in [4.78, 5) is 33.8. The van der Waals surface area contributed by atoms with Crippen LogP contribution in [-0.4, -0.2) is 42.9 Å². The summed E-state index contributed by atoms with van der Waals surface area (Å²) in [5.41, 5.74) is -0.654. The molecule has 0 rings (SSSR count). The molecule has 1 atom stereocenters. The summed E-state index contributed by atoms with van der Waals surface area (Å²) in [7, 11) is 0. The molecule has 0 spiro atoms. The second kappa shape index (κ2) is 7.60. The van der Waals surface area contributed by atoms with E-state index in [4.69, 9.17) is 4.74 Å². The lowest BCUT2D eigenvalue weighted by Crippen LogP contribution is -2.42. The Morgan fingerprint density at radius 2 is 1.74 bits per heavy atom. The molecule has 19 heavy (non-hydrogen) atoms. The van der Waals surface area contributed by atoms with Gasteiger partial charge in [0.05, 0.1) is 6.61 Å². The van der Waals surface area contributed by atoms with Gasteiger partial charge in [0.15, 0.2) is 6.61 Å².